The molecule has 2 amide bonds. The van der Waals surface area contributed by atoms with Crippen molar-refractivity contribution in [1.29, 1.82) is 0 Å². The van der Waals surface area contributed by atoms with E-state index in [0.29, 0.717) is 18.3 Å². The van der Waals surface area contributed by atoms with Gasteiger partial charge in [0.25, 0.3) is 0 Å². The van der Waals surface area contributed by atoms with Crippen LogP contribution in [0.4, 0.5) is 4.79 Å². The fraction of sp³-hybridized carbons (Fsp3) is 0.667. The highest BCUT2D eigenvalue weighted by Crippen LogP contribution is 2.53. The van der Waals surface area contributed by atoms with Gasteiger partial charge in [0.15, 0.2) is 0 Å². The van der Waals surface area contributed by atoms with Gasteiger partial charge in [0.05, 0.1) is 0 Å². The van der Waals surface area contributed by atoms with E-state index < -0.39 is 17.7 Å². The maximum atomic E-state index is 13.3. The summed E-state index contributed by atoms with van der Waals surface area (Å²) in [6.45, 7) is 5.48. The van der Waals surface area contributed by atoms with Crippen LogP contribution in [-0.4, -0.2) is 29.7 Å². The number of carbonyl (C=O) groups is 2. The van der Waals surface area contributed by atoms with E-state index in [2.05, 4.69) is 10.6 Å². The Hall–Kier alpha value is -2.04. The lowest BCUT2D eigenvalue weighted by molar-refractivity contribution is -0.127. The van der Waals surface area contributed by atoms with Gasteiger partial charge >= 0.3 is 6.09 Å². The fourth-order valence-corrected chi connectivity index (χ4v) is 5.93. The summed E-state index contributed by atoms with van der Waals surface area (Å²) >= 11 is 0. The Bertz CT molecular complexity index is 712. The van der Waals surface area contributed by atoms with E-state index in [4.69, 9.17) is 4.74 Å². The first-order valence-electron chi connectivity index (χ1n) is 11.1. The van der Waals surface area contributed by atoms with E-state index in [9.17, 15) is 9.59 Å². The number of nitrogens with one attached hydrogen (secondary N) is 2. The smallest absolute Gasteiger partial charge is 0.408 e. The molecule has 4 bridgehead atoms. The van der Waals surface area contributed by atoms with Gasteiger partial charge in [0, 0.05) is 12.5 Å². The number of amides is 2. The summed E-state index contributed by atoms with van der Waals surface area (Å²) < 4.78 is 5.41. The number of ether oxygens (including phenoxy) is 1. The SMILES string of the molecule is CC(C)(C)OC(=O)N[C@H](Cc1ccccc1)C(=O)NC1C2CC3CC(C2)CC1C3. The molecule has 1 atom stereocenters. The lowest BCUT2D eigenvalue weighted by Gasteiger charge is -2.54. The molecule has 0 aliphatic heterocycles. The van der Waals surface area contributed by atoms with Crippen molar-refractivity contribution in [1.82, 2.24) is 10.6 Å². The number of hydrogen-bond donors (Lipinski definition) is 2. The van der Waals surface area contributed by atoms with Crippen LogP contribution in [0.1, 0.15) is 58.4 Å². The molecule has 4 aliphatic rings. The van der Waals surface area contributed by atoms with Crippen molar-refractivity contribution >= 4 is 12.0 Å². The normalized spacial score (nSPS) is 31.2. The molecular formula is C24H34N2O3. The molecule has 0 saturated heterocycles. The van der Waals surface area contributed by atoms with Crippen LogP contribution in [0.3, 0.4) is 0 Å². The number of carbonyl (C=O) groups excluding carboxylic acids is 2. The maximum Gasteiger partial charge on any atom is 0.408 e. The summed E-state index contributed by atoms with van der Waals surface area (Å²) in [4.78, 5) is 25.6. The first-order chi connectivity index (χ1) is 13.8. The van der Waals surface area contributed by atoms with Crippen LogP contribution in [0, 0.1) is 23.7 Å². The summed E-state index contributed by atoms with van der Waals surface area (Å²) in [7, 11) is 0. The Morgan fingerprint density at radius 3 is 2.14 bits per heavy atom. The monoisotopic (exact) mass is 398 g/mol. The van der Waals surface area contributed by atoms with Gasteiger partial charge in [-0.3, -0.25) is 4.79 Å². The van der Waals surface area contributed by atoms with E-state index >= 15 is 0 Å². The number of alkyl carbamates (subject to hydrolysis) is 1. The van der Waals surface area contributed by atoms with Crippen LogP contribution in [0.25, 0.3) is 0 Å². The molecule has 29 heavy (non-hydrogen) atoms. The minimum Gasteiger partial charge on any atom is -0.444 e. The maximum absolute atomic E-state index is 13.3. The zero-order chi connectivity index (χ0) is 20.6. The Labute approximate surface area is 174 Å². The lowest BCUT2D eigenvalue weighted by Crippen LogP contribution is -2.59. The molecule has 2 N–H and O–H groups in total. The molecule has 1 aromatic rings. The standard InChI is InChI=1S/C24H34N2O3/c1-24(2,3)29-23(28)25-20(14-15-7-5-4-6-8-15)22(27)26-21-18-10-16-9-17(12-18)13-19(21)11-16/h4-8,16-21H,9-14H2,1-3H3,(H,25,28)(H,26,27)/t16?,17?,18?,19?,20-,21?/m1/s1. The zero-order valence-electron chi connectivity index (χ0n) is 17.8. The van der Waals surface area contributed by atoms with Crippen LogP contribution in [-0.2, 0) is 16.0 Å². The van der Waals surface area contributed by atoms with Crippen LogP contribution in [0.5, 0.6) is 0 Å². The van der Waals surface area contributed by atoms with Gasteiger partial charge in [-0.05, 0) is 82.1 Å². The lowest BCUT2D eigenvalue weighted by atomic mass is 9.54. The molecule has 5 nitrogen and oxygen atoms in total. The first kappa shape index (κ1) is 20.2. The third-order valence-corrected chi connectivity index (χ3v) is 6.83. The summed E-state index contributed by atoms with van der Waals surface area (Å²) in [6, 6.07) is 9.46. The van der Waals surface area contributed by atoms with Crippen molar-refractivity contribution < 1.29 is 14.3 Å². The third kappa shape index (κ3) is 4.93. The van der Waals surface area contributed by atoms with Gasteiger partial charge in [-0.25, -0.2) is 4.79 Å². The molecular weight excluding hydrogens is 364 g/mol. The van der Waals surface area contributed by atoms with Crippen molar-refractivity contribution in [3.05, 3.63) is 35.9 Å². The summed E-state index contributed by atoms with van der Waals surface area (Å²) in [5, 5.41) is 6.16. The molecule has 0 aromatic heterocycles. The van der Waals surface area contributed by atoms with E-state index in [1.165, 1.54) is 32.1 Å². The molecule has 1 aromatic carbocycles. The molecule has 5 rings (SSSR count). The Morgan fingerprint density at radius 1 is 1.00 bits per heavy atom. The van der Waals surface area contributed by atoms with Gasteiger partial charge in [-0.15, -0.1) is 0 Å². The topological polar surface area (TPSA) is 67.4 Å². The van der Waals surface area contributed by atoms with E-state index in [1.54, 1.807) is 0 Å². The molecule has 4 fully saturated rings. The molecule has 0 spiro atoms. The highest BCUT2D eigenvalue weighted by atomic mass is 16.6. The third-order valence-electron chi connectivity index (χ3n) is 6.83. The second kappa shape index (κ2) is 8.00. The van der Waals surface area contributed by atoms with Crippen LogP contribution in [0.15, 0.2) is 30.3 Å². The summed E-state index contributed by atoms with van der Waals surface area (Å²) in [5.41, 5.74) is 0.424. The van der Waals surface area contributed by atoms with E-state index in [-0.39, 0.29) is 11.9 Å². The van der Waals surface area contributed by atoms with Crippen molar-refractivity contribution in [3.63, 3.8) is 0 Å². The largest absolute Gasteiger partial charge is 0.444 e. The molecule has 158 valence electrons. The van der Waals surface area contributed by atoms with E-state index in [0.717, 1.165) is 17.4 Å². The highest BCUT2D eigenvalue weighted by molar-refractivity contribution is 5.86. The van der Waals surface area contributed by atoms with Gasteiger partial charge in [0.2, 0.25) is 5.91 Å². The van der Waals surface area contributed by atoms with Crippen LogP contribution in [0.2, 0.25) is 0 Å². The first-order valence-corrected chi connectivity index (χ1v) is 11.1. The average molecular weight is 399 g/mol. The fourth-order valence-electron chi connectivity index (χ4n) is 5.93. The van der Waals surface area contributed by atoms with Crippen molar-refractivity contribution in [2.24, 2.45) is 23.7 Å². The molecule has 0 radical (unpaired) electrons. The van der Waals surface area contributed by atoms with Gasteiger partial charge < -0.3 is 15.4 Å². The van der Waals surface area contributed by atoms with Crippen LogP contribution >= 0.6 is 0 Å². The molecule has 5 heteroatoms. The number of rotatable bonds is 5. The predicted molar refractivity (Wildman–Crippen MR) is 112 cm³/mol. The number of benzene rings is 1. The van der Waals surface area contributed by atoms with Crippen molar-refractivity contribution in [2.75, 3.05) is 0 Å². The second-order valence-electron chi connectivity index (χ2n) is 10.4. The molecule has 4 saturated carbocycles. The Morgan fingerprint density at radius 2 is 1.59 bits per heavy atom. The summed E-state index contributed by atoms with van der Waals surface area (Å²) in [6.07, 6.45) is 6.31. The quantitative estimate of drug-likeness (QED) is 0.786. The predicted octanol–water partition coefficient (Wildman–Crippen LogP) is 4.06. The number of hydrogen-bond acceptors (Lipinski definition) is 3. The van der Waals surface area contributed by atoms with Gasteiger partial charge in [-0.1, -0.05) is 30.3 Å². The van der Waals surface area contributed by atoms with Gasteiger partial charge in [0.1, 0.15) is 11.6 Å². The second-order valence-corrected chi connectivity index (χ2v) is 10.4. The van der Waals surface area contributed by atoms with Crippen LogP contribution < -0.4 is 10.6 Å². The molecule has 0 heterocycles. The minimum atomic E-state index is -0.635. The van der Waals surface area contributed by atoms with Crippen molar-refractivity contribution in [3.8, 4) is 0 Å². The molecule has 4 aliphatic carbocycles. The average Bonchev–Trinajstić information content (AvgIpc) is 2.62. The molecule has 0 unspecified atom stereocenters. The zero-order valence-corrected chi connectivity index (χ0v) is 17.8. The van der Waals surface area contributed by atoms with Gasteiger partial charge in [-0.2, -0.15) is 0 Å². The Kier molecular flexibility index (Phi) is 5.58. The Balaban J connectivity index is 1.44. The minimum absolute atomic E-state index is 0.0859. The highest BCUT2D eigenvalue weighted by Gasteiger charge is 2.49. The van der Waals surface area contributed by atoms with Crippen molar-refractivity contribution in [2.45, 2.75) is 77.0 Å². The summed E-state index contributed by atoms with van der Waals surface area (Å²) in [5.74, 6) is 2.86. The van der Waals surface area contributed by atoms with E-state index in [1.807, 2.05) is 51.1 Å².